The van der Waals surface area contributed by atoms with Gasteiger partial charge < -0.3 is 10.5 Å². The van der Waals surface area contributed by atoms with Crippen molar-refractivity contribution >= 4 is 40.4 Å². The van der Waals surface area contributed by atoms with Crippen LogP contribution in [0, 0.1) is 0 Å². The minimum absolute atomic E-state index is 0.220. The molecule has 4 rings (SSSR count). The van der Waals surface area contributed by atoms with Crippen LogP contribution >= 0.6 is 11.8 Å². The molecule has 0 bridgehead atoms. The average Bonchev–Trinajstić information content (AvgIpc) is 3.20. The topological polar surface area (TPSA) is 134 Å². The van der Waals surface area contributed by atoms with E-state index in [1.54, 1.807) is 36.6 Å². The van der Waals surface area contributed by atoms with E-state index < -0.39 is 17.2 Å². The van der Waals surface area contributed by atoms with E-state index in [0.29, 0.717) is 27.6 Å². The number of imide groups is 1. The van der Waals surface area contributed by atoms with E-state index in [1.165, 1.54) is 4.57 Å². The van der Waals surface area contributed by atoms with E-state index in [2.05, 4.69) is 15.5 Å². The van der Waals surface area contributed by atoms with E-state index in [1.807, 2.05) is 30.3 Å². The Labute approximate surface area is 186 Å². The van der Waals surface area contributed by atoms with E-state index in [0.717, 1.165) is 17.3 Å². The van der Waals surface area contributed by atoms with Gasteiger partial charge in [0.25, 0.3) is 5.56 Å². The fraction of sp³-hybridized carbons (Fsp3) is 0.190. The van der Waals surface area contributed by atoms with Gasteiger partial charge >= 0.3 is 6.03 Å². The van der Waals surface area contributed by atoms with Crippen LogP contribution in [0.5, 0.6) is 5.75 Å². The molecule has 0 spiro atoms. The number of carbonyl (C=O) groups excluding carboxylic acids is 2. The Bertz CT molecular complexity index is 1400. The second-order valence-corrected chi connectivity index (χ2v) is 8.26. The van der Waals surface area contributed by atoms with Crippen molar-refractivity contribution in [2.24, 2.45) is 5.73 Å². The number of nitrogens with one attached hydrogen (secondary N) is 1. The lowest BCUT2D eigenvalue weighted by molar-refractivity contribution is -0.119. The molecule has 0 unspecified atom stereocenters. The van der Waals surface area contributed by atoms with Crippen molar-refractivity contribution in [2.45, 2.75) is 23.9 Å². The summed E-state index contributed by atoms with van der Waals surface area (Å²) in [6, 6.07) is 13.6. The molecule has 0 aliphatic rings. The fourth-order valence-electron chi connectivity index (χ4n) is 3.39. The smallest absolute Gasteiger partial charge is 0.318 e. The van der Waals surface area contributed by atoms with E-state index in [4.69, 9.17) is 10.5 Å². The van der Waals surface area contributed by atoms with Gasteiger partial charge in [-0.3, -0.25) is 23.9 Å². The highest BCUT2D eigenvalue weighted by molar-refractivity contribution is 8.00. The van der Waals surface area contributed by atoms with Gasteiger partial charge in [-0.15, -0.1) is 10.2 Å². The zero-order chi connectivity index (χ0) is 22.8. The number of fused-ring (bicyclic) bond motifs is 3. The minimum Gasteiger partial charge on any atom is -0.496 e. The first kappa shape index (κ1) is 21.4. The van der Waals surface area contributed by atoms with Gasteiger partial charge in [-0.05, 0) is 25.1 Å². The molecular weight excluding hydrogens is 432 g/mol. The van der Waals surface area contributed by atoms with Crippen LogP contribution in [-0.4, -0.2) is 43.5 Å². The number of thioether (sulfide) groups is 1. The molecule has 0 saturated heterocycles. The lowest BCUT2D eigenvalue weighted by atomic mass is 10.2. The van der Waals surface area contributed by atoms with Crippen LogP contribution in [0.25, 0.3) is 16.7 Å². The number of benzene rings is 2. The van der Waals surface area contributed by atoms with Crippen LogP contribution < -0.4 is 21.3 Å². The third kappa shape index (κ3) is 3.89. The van der Waals surface area contributed by atoms with Crippen LogP contribution in [0.4, 0.5) is 4.79 Å². The van der Waals surface area contributed by atoms with Gasteiger partial charge in [0.15, 0.2) is 5.16 Å². The summed E-state index contributed by atoms with van der Waals surface area (Å²) in [6.07, 6.45) is 0. The van der Waals surface area contributed by atoms with Crippen LogP contribution in [-0.2, 0) is 11.3 Å². The summed E-state index contributed by atoms with van der Waals surface area (Å²) in [5.74, 6) is 0.423. The van der Waals surface area contributed by atoms with Gasteiger partial charge in [0.1, 0.15) is 5.75 Å². The fourth-order valence-corrected chi connectivity index (χ4v) is 4.25. The maximum Gasteiger partial charge on any atom is 0.318 e. The van der Waals surface area contributed by atoms with E-state index in [-0.39, 0.29) is 12.1 Å². The van der Waals surface area contributed by atoms with E-state index >= 15 is 0 Å². The van der Waals surface area contributed by atoms with Crippen LogP contribution in [0.1, 0.15) is 12.5 Å². The van der Waals surface area contributed by atoms with Crippen molar-refractivity contribution < 1.29 is 14.3 Å². The molecule has 3 amide bonds. The number of amides is 3. The Morgan fingerprint density at radius 3 is 2.62 bits per heavy atom. The molecule has 3 N–H and O–H groups in total. The Kier molecular flexibility index (Phi) is 5.82. The Balaban J connectivity index is 1.87. The van der Waals surface area contributed by atoms with Crippen molar-refractivity contribution in [3.8, 4) is 5.75 Å². The third-order valence-corrected chi connectivity index (χ3v) is 5.94. The zero-order valence-electron chi connectivity index (χ0n) is 17.3. The number of methoxy groups -OCH3 is 1. The first-order valence-corrected chi connectivity index (χ1v) is 10.5. The number of ether oxygens (including phenoxy) is 1. The summed E-state index contributed by atoms with van der Waals surface area (Å²) >= 11 is 1.10. The molecule has 0 radical (unpaired) electrons. The summed E-state index contributed by atoms with van der Waals surface area (Å²) in [7, 11) is 1.57. The standard InChI is InChI=1S/C21H20N6O4S/c1-12(17(28)23-19(22)30)32-21-25-24-20-26(11-13-7-3-6-10-16(13)31-2)18(29)14-8-4-5-9-15(14)27(20)21/h3-10,12H,11H2,1-2H3,(H3,22,23,28,30)/t12-/m1/s1. The molecule has 2 aromatic carbocycles. The van der Waals surface area contributed by atoms with Gasteiger partial charge in [-0.1, -0.05) is 42.1 Å². The molecule has 0 saturated carbocycles. The number of rotatable bonds is 6. The highest BCUT2D eigenvalue weighted by atomic mass is 32.2. The normalized spacial score (nSPS) is 12.1. The van der Waals surface area contributed by atoms with Gasteiger partial charge in [-0.2, -0.15) is 0 Å². The molecule has 0 aliphatic carbocycles. The number of urea groups is 1. The highest BCUT2D eigenvalue weighted by Crippen LogP contribution is 2.26. The summed E-state index contributed by atoms with van der Waals surface area (Å²) in [5, 5.41) is 10.7. The van der Waals surface area contributed by atoms with Crippen LogP contribution in [0.3, 0.4) is 0 Å². The number of para-hydroxylation sites is 2. The van der Waals surface area contributed by atoms with Gasteiger partial charge in [0.05, 0.1) is 29.8 Å². The average molecular weight is 452 g/mol. The Morgan fingerprint density at radius 2 is 1.88 bits per heavy atom. The maximum absolute atomic E-state index is 13.3. The van der Waals surface area contributed by atoms with Crippen molar-refractivity contribution in [1.29, 1.82) is 0 Å². The number of primary amides is 1. The zero-order valence-corrected chi connectivity index (χ0v) is 18.1. The molecular formula is C21H20N6O4S. The van der Waals surface area contributed by atoms with Crippen molar-refractivity contribution in [2.75, 3.05) is 7.11 Å². The van der Waals surface area contributed by atoms with Gasteiger partial charge in [0.2, 0.25) is 11.7 Å². The molecule has 1 atom stereocenters. The summed E-state index contributed by atoms with van der Waals surface area (Å²) in [4.78, 5) is 36.5. The molecule has 0 fully saturated rings. The lowest BCUT2D eigenvalue weighted by Crippen LogP contribution is -2.39. The summed E-state index contributed by atoms with van der Waals surface area (Å²) in [5.41, 5.74) is 6.24. The molecule has 2 aromatic heterocycles. The number of aromatic nitrogens is 4. The quantitative estimate of drug-likeness (QED) is 0.426. The number of carbonyl (C=O) groups is 2. The predicted molar refractivity (Wildman–Crippen MR) is 120 cm³/mol. The number of hydrogen-bond acceptors (Lipinski definition) is 7. The Hall–Kier alpha value is -3.86. The predicted octanol–water partition coefficient (Wildman–Crippen LogP) is 1.78. The summed E-state index contributed by atoms with van der Waals surface area (Å²) < 4.78 is 8.67. The lowest BCUT2D eigenvalue weighted by Gasteiger charge is -2.14. The molecule has 164 valence electrons. The SMILES string of the molecule is COc1ccccc1Cn1c(=O)c2ccccc2n2c(S[C@H](C)C(=O)NC(N)=O)nnc12. The van der Waals surface area contributed by atoms with Gasteiger partial charge in [0, 0.05) is 5.56 Å². The number of nitrogens with two attached hydrogens (primary N) is 1. The monoisotopic (exact) mass is 452 g/mol. The summed E-state index contributed by atoms with van der Waals surface area (Å²) in [6.45, 7) is 1.84. The molecule has 0 aliphatic heterocycles. The first-order chi connectivity index (χ1) is 15.4. The van der Waals surface area contributed by atoms with E-state index in [9.17, 15) is 14.4 Å². The largest absolute Gasteiger partial charge is 0.496 e. The molecule has 2 heterocycles. The minimum atomic E-state index is -0.926. The second-order valence-electron chi connectivity index (χ2n) is 6.95. The van der Waals surface area contributed by atoms with Crippen molar-refractivity contribution in [3.05, 3.63) is 64.4 Å². The second kappa shape index (κ2) is 8.71. The third-order valence-electron chi connectivity index (χ3n) is 4.90. The molecule has 32 heavy (non-hydrogen) atoms. The molecule has 11 heteroatoms. The van der Waals surface area contributed by atoms with Crippen LogP contribution in [0.15, 0.2) is 58.5 Å². The Morgan fingerprint density at radius 1 is 1.16 bits per heavy atom. The maximum atomic E-state index is 13.3. The highest BCUT2D eigenvalue weighted by Gasteiger charge is 2.22. The number of nitrogens with zero attached hydrogens (tertiary/aromatic N) is 4. The van der Waals surface area contributed by atoms with Crippen molar-refractivity contribution in [1.82, 2.24) is 24.5 Å². The first-order valence-electron chi connectivity index (χ1n) is 9.66. The van der Waals surface area contributed by atoms with Crippen LogP contribution in [0.2, 0.25) is 0 Å². The van der Waals surface area contributed by atoms with Gasteiger partial charge in [-0.25, -0.2) is 4.79 Å². The molecule has 4 aromatic rings. The number of hydrogen-bond donors (Lipinski definition) is 2. The molecule has 10 nitrogen and oxygen atoms in total. The van der Waals surface area contributed by atoms with Crippen molar-refractivity contribution in [3.63, 3.8) is 0 Å².